The van der Waals surface area contributed by atoms with E-state index in [4.69, 9.17) is 15.5 Å². The van der Waals surface area contributed by atoms with E-state index >= 15 is 22.0 Å². The topological polar surface area (TPSA) is 216 Å². The second kappa shape index (κ2) is 22.4. The lowest BCUT2D eigenvalue weighted by atomic mass is 9.83. The normalized spacial score (nSPS) is 24.1. The van der Waals surface area contributed by atoms with Crippen LogP contribution >= 0.6 is 22.7 Å². The summed E-state index contributed by atoms with van der Waals surface area (Å²) in [5.41, 5.74) is 5.65. The molecule has 0 radical (unpaired) electrons. The van der Waals surface area contributed by atoms with E-state index in [0.29, 0.717) is 58.3 Å². The number of nitrogens with two attached hydrogens (primary N) is 1. The summed E-state index contributed by atoms with van der Waals surface area (Å²) in [6, 6.07) is 7.83. The van der Waals surface area contributed by atoms with E-state index in [2.05, 4.69) is 30.5 Å². The molecule has 0 spiro atoms. The van der Waals surface area contributed by atoms with E-state index in [9.17, 15) is 24.6 Å². The number of aromatic nitrogens is 4. The molecule has 3 aromatic carbocycles. The molecule has 11 rings (SSSR count). The summed E-state index contributed by atoms with van der Waals surface area (Å²) in [7, 11) is 0. The minimum atomic E-state index is -5.07. The second-order valence-corrected chi connectivity index (χ2v) is 25.8. The Balaban J connectivity index is 0.809. The van der Waals surface area contributed by atoms with Gasteiger partial charge in [-0.25, -0.2) is 18.7 Å². The number of amides is 3. The summed E-state index contributed by atoms with van der Waals surface area (Å²) in [4.78, 5) is 68.9. The fraction of sp³-hybridized carbons (Fsp3) is 0.534. The number of nitrogens with zero attached hydrogens (tertiary/aromatic N) is 8. The van der Waals surface area contributed by atoms with Gasteiger partial charge in [0.2, 0.25) is 17.7 Å². The van der Waals surface area contributed by atoms with Gasteiger partial charge in [-0.2, -0.15) is 23.1 Å². The van der Waals surface area contributed by atoms with Gasteiger partial charge in [0.05, 0.1) is 56.2 Å². The van der Waals surface area contributed by atoms with Crippen molar-refractivity contribution >= 4 is 72.5 Å². The van der Waals surface area contributed by atoms with Crippen molar-refractivity contribution in [2.75, 3.05) is 56.6 Å². The van der Waals surface area contributed by atoms with Crippen LogP contribution in [0, 0.1) is 24.0 Å². The third-order valence-electron chi connectivity index (χ3n) is 17.3. The number of hydrogen-bond acceptors (Lipinski definition) is 16. The number of rotatable bonds is 16. The largest absolute Gasteiger partial charge is 0.461 e. The number of nitrogens with one attached hydrogen (secondary N) is 2. The monoisotopic (exact) mass is 1170 g/mol. The van der Waals surface area contributed by atoms with Crippen molar-refractivity contribution in [3.63, 3.8) is 0 Å². The smallest absolute Gasteiger partial charge is 0.417 e. The fourth-order valence-corrected chi connectivity index (χ4v) is 14.8. The molecule has 6 aromatic rings. The van der Waals surface area contributed by atoms with Gasteiger partial charge in [-0.15, -0.1) is 11.3 Å². The zero-order valence-corrected chi connectivity index (χ0v) is 48.0. The Morgan fingerprint density at radius 2 is 1.76 bits per heavy atom. The molecule has 0 saturated carbocycles. The zero-order chi connectivity index (χ0) is 58.2. The summed E-state index contributed by atoms with van der Waals surface area (Å²) >= 11 is 2.29. The first-order valence-electron chi connectivity index (χ1n) is 28.1. The average molecular weight is 1170 g/mol. The number of aryl methyl sites for hydroxylation is 1. The highest BCUT2D eigenvalue weighted by molar-refractivity contribution is 7.22. The van der Waals surface area contributed by atoms with Crippen molar-refractivity contribution in [3.05, 3.63) is 76.4 Å². The van der Waals surface area contributed by atoms with Gasteiger partial charge >= 0.3 is 12.2 Å². The van der Waals surface area contributed by atoms with E-state index < -0.39 is 81.5 Å². The number of hydrogen-bond donors (Lipinski definition) is 5. The highest BCUT2D eigenvalue weighted by Crippen LogP contribution is 2.47. The molecule has 8 heterocycles. The molecule has 2 bridgehead atoms. The number of nitrogen functional groups attached to an aromatic ring is 1. The van der Waals surface area contributed by atoms with Crippen molar-refractivity contribution in [1.82, 2.24) is 45.3 Å². The number of ether oxygens (including phenoxy) is 1. The predicted octanol–water partition coefficient (Wildman–Crippen LogP) is 8.39. The van der Waals surface area contributed by atoms with Gasteiger partial charge in [-0.05, 0) is 107 Å². The third kappa shape index (κ3) is 11.0. The number of β-amino-alcohol motifs (C(OH)–C–C–N with tert-alkyl or cyclic N) is 1. The molecule has 0 aliphatic carbocycles. The number of likely N-dealkylation sites (tertiary alicyclic amines) is 3. The minimum absolute atomic E-state index is 0.0232. The van der Waals surface area contributed by atoms with Gasteiger partial charge in [0.25, 0.3) is 0 Å². The Morgan fingerprint density at radius 1 is 1.01 bits per heavy atom. The molecule has 5 fully saturated rings. The molecule has 82 heavy (non-hydrogen) atoms. The van der Waals surface area contributed by atoms with Crippen LogP contribution in [-0.2, 0) is 20.6 Å². The maximum absolute atomic E-state index is 17.4. The van der Waals surface area contributed by atoms with Gasteiger partial charge in [-0.1, -0.05) is 56.4 Å². The van der Waals surface area contributed by atoms with Crippen LogP contribution in [0.2, 0.25) is 0 Å². The highest BCUT2D eigenvalue weighted by Gasteiger charge is 2.51. The number of fused-ring (bicyclic) bond motifs is 4. The SMILES string of the molecule is Cc1ncsc1-c1ccc([C@H](C)NC(=O)[C@@H]2C[C@@H](O)CN2C(=O)[C@@H](N2C(=O)CC[C@@H]2CCCN2CCC[C@@]2(CO)COc2nc(N3CC4CCC(C3)N4)c3cc(C(F)(F)F)c(-c4ccc(F)c5sc(N)nc45)c(F)c3n2)C(C)(C)C)cc1. The molecule has 24 heteroatoms. The summed E-state index contributed by atoms with van der Waals surface area (Å²) in [6.45, 7) is 10.7. The molecule has 438 valence electrons. The Kier molecular flexibility index (Phi) is 15.8. The molecule has 6 N–H and O–H groups in total. The zero-order valence-electron chi connectivity index (χ0n) is 46.4. The van der Waals surface area contributed by atoms with Crippen molar-refractivity contribution in [2.24, 2.45) is 5.41 Å². The predicted molar refractivity (Wildman–Crippen MR) is 303 cm³/mol. The fourth-order valence-electron chi connectivity index (χ4n) is 13.3. The number of halogens is 5. The summed E-state index contributed by atoms with van der Waals surface area (Å²) in [5.74, 6) is -3.01. The number of anilines is 2. The van der Waals surface area contributed by atoms with E-state index in [1.165, 1.54) is 4.90 Å². The van der Waals surface area contributed by atoms with Gasteiger partial charge < -0.3 is 46.0 Å². The van der Waals surface area contributed by atoms with Gasteiger partial charge in [0.15, 0.2) is 10.9 Å². The number of alkyl halides is 3. The number of piperazine rings is 1. The van der Waals surface area contributed by atoms with Crippen LogP contribution in [0.15, 0.2) is 48.0 Å². The molecule has 5 aliphatic heterocycles. The second-order valence-electron chi connectivity index (χ2n) is 23.9. The number of thiazole rings is 2. The van der Waals surface area contributed by atoms with Crippen LogP contribution in [0.4, 0.5) is 32.9 Å². The van der Waals surface area contributed by atoms with Crippen LogP contribution < -0.4 is 26.0 Å². The first-order valence-corrected chi connectivity index (χ1v) is 29.8. The average Bonchev–Trinajstić information content (AvgIpc) is 3.23. The van der Waals surface area contributed by atoms with Gasteiger partial charge in [-0.3, -0.25) is 19.3 Å². The Bertz CT molecular complexity index is 3400. The van der Waals surface area contributed by atoms with E-state index in [1.807, 2.05) is 63.8 Å². The standard InChI is InChI=1S/C58H68F5N11O6S2/c1-30(32-9-11-33(12-10-32)48-31(2)65-29-81-48)66-52(78)42-22-37(76)26-73(42)53(79)50(56(3,4)5)74-36(15-18-43(74)77)8-6-20-72-21-7-19-57(72,27-75)28-80-55-69-46-39(51(70-55)71-24-34-13-14-35(25-71)67-34)23-40(58(61,62)63)44(45(46)60)38-16-17-41(59)49-47(38)68-54(64)82-49/h9-12,16-17,23,29-30,34-37,42,50,67,75-76H,6-8,13-15,18-22,24-28H2,1-5H3,(H2,64,68)(H,66,78)/t30-,34?,35?,36-,37+,42-,50+,57+/m0/s1. The Labute approximate surface area is 479 Å². The lowest BCUT2D eigenvalue weighted by Gasteiger charge is -2.43. The molecule has 3 amide bonds. The molecule has 5 saturated heterocycles. The van der Waals surface area contributed by atoms with Crippen molar-refractivity contribution in [1.29, 1.82) is 0 Å². The molecule has 5 aliphatic rings. The van der Waals surface area contributed by atoms with Crippen LogP contribution in [0.25, 0.3) is 42.7 Å². The van der Waals surface area contributed by atoms with Crippen molar-refractivity contribution in [3.8, 4) is 27.6 Å². The van der Waals surface area contributed by atoms with Crippen LogP contribution in [0.3, 0.4) is 0 Å². The van der Waals surface area contributed by atoms with Crippen molar-refractivity contribution in [2.45, 2.75) is 146 Å². The van der Waals surface area contributed by atoms with Crippen molar-refractivity contribution < 1.29 is 51.3 Å². The number of benzene rings is 3. The maximum Gasteiger partial charge on any atom is 0.417 e. The first kappa shape index (κ1) is 57.6. The van der Waals surface area contributed by atoms with Crippen LogP contribution in [0.1, 0.15) is 108 Å². The third-order valence-corrected chi connectivity index (χ3v) is 19.2. The van der Waals surface area contributed by atoms with Crippen LogP contribution in [0.5, 0.6) is 6.01 Å². The molecular weight excluding hydrogens is 1110 g/mol. The van der Waals surface area contributed by atoms with Crippen LogP contribution in [-0.4, -0.2) is 150 Å². The first-order chi connectivity index (χ1) is 39.0. The summed E-state index contributed by atoms with van der Waals surface area (Å²) < 4.78 is 84.4. The lowest BCUT2D eigenvalue weighted by Crippen LogP contribution is -2.59. The van der Waals surface area contributed by atoms with E-state index in [1.54, 1.807) is 21.7 Å². The molecule has 8 atom stereocenters. The quantitative estimate of drug-likeness (QED) is 0.0576. The minimum Gasteiger partial charge on any atom is -0.461 e. The maximum atomic E-state index is 17.4. The summed E-state index contributed by atoms with van der Waals surface area (Å²) in [6.07, 6.45) is -1.32. The molecule has 3 aromatic heterocycles. The molecule has 17 nitrogen and oxygen atoms in total. The van der Waals surface area contributed by atoms with E-state index in [0.717, 1.165) is 64.1 Å². The highest BCUT2D eigenvalue weighted by atomic mass is 32.1. The molecule has 2 unspecified atom stereocenters. The molecular formula is C58H68F5N11O6S2. The number of carbonyl (C=O) groups excluding carboxylic acids is 3. The number of aliphatic hydroxyl groups excluding tert-OH is 2. The number of aliphatic hydroxyl groups is 2. The Morgan fingerprint density at radius 3 is 2.44 bits per heavy atom. The Hall–Kier alpha value is -6.18. The van der Waals surface area contributed by atoms with E-state index in [-0.39, 0.29) is 94.8 Å². The number of carbonyl (C=O) groups is 3. The lowest BCUT2D eigenvalue weighted by molar-refractivity contribution is -0.152. The van der Waals surface area contributed by atoms with Gasteiger partial charge in [0.1, 0.15) is 35.8 Å². The van der Waals surface area contributed by atoms with Gasteiger partial charge in [0, 0.05) is 67.1 Å². The summed E-state index contributed by atoms with van der Waals surface area (Å²) in [5, 5.41) is 28.5.